The summed E-state index contributed by atoms with van der Waals surface area (Å²) < 4.78 is 24.9. The fourth-order valence-corrected chi connectivity index (χ4v) is 6.22. The number of aryl methyl sites for hydroxylation is 1. The van der Waals surface area contributed by atoms with E-state index >= 15 is 0 Å². The minimum atomic E-state index is -2.92. The maximum absolute atomic E-state index is 12.5. The van der Waals surface area contributed by atoms with Gasteiger partial charge in [-0.1, -0.05) is 18.2 Å². The molecular weight excluding hydrogens is 370 g/mol. The quantitative estimate of drug-likeness (QED) is 0.744. The number of hydrogen-bond donors (Lipinski definition) is 1. The molecule has 0 aliphatic carbocycles. The monoisotopic (exact) mass is 389 g/mol. The summed E-state index contributed by atoms with van der Waals surface area (Å²) in [5, 5.41) is 8.42. The summed E-state index contributed by atoms with van der Waals surface area (Å²) in [5.74, 6) is 0.249. The van der Waals surface area contributed by atoms with Gasteiger partial charge in [-0.25, -0.2) is 13.1 Å². The van der Waals surface area contributed by atoms with Crippen LogP contribution < -0.4 is 5.32 Å². The molecule has 26 heavy (non-hydrogen) atoms. The van der Waals surface area contributed by atoms with E-state index in [1.165, 1.54) is 11.3 Å². The molecule has 3 heterocycles. The first-order valence-corrected chi connectivity index (χ1v) is 11.1. The van der Waals surface area contributed by atoms with E-state index in [4.69, 9.17) is 0 Å². The molecular formula is C18H19N3O3S2. The van der Waals surface area contributed by atoms with Gasteiger partial charge in [0.1, 0.15) is 4.83 Å². The number of hydrogen-bond acceptors (Lipinski definition) is 5. The molecule has 0 bridgehead atoms. The van der Waals surface area contributed by atoms with Crippen LogP contribution in [0.3, 0.4) is 0 Å². The number of nitrogens with one attached hydrogen (secondary N) is 1. The second-order valence-electron chi connectivity index (χ2n) is 6.64. The second-order valence-corrected chi connectivity index (χ2v) is 9.90. The highest BCUT2D eigenvalue weighted by molar-refractivity contribution is 7.91. The van der Waals surface area contributed by atoms with Crippen LogP contribution in [0, 0.1) is 12.8 Å². The van der Waals surface area contributed by atoms with Gasteiger partial charge in [-0.15, -0.1) is 11.3 Å². The second kappa shape index (κ2) is 6.51. The number of nitrogens with zero attached hydrogens (tertiary/aromatic N) is 2. The van der Waals surface area contributed by atoms with Crippen LogP contribution in [0.5, 0.6) is 0 Å². The van der Waals surface area contributed by atoms with Crippen molar-refractivity contribution in [1.29, 1.82) is 0 Å². The zero-order chi connectivity index (χ0) is 18.3. The number of thiophene rings is 1. The van der Waals surface area contributed by atoms with Crippen LogP contribution in [0.15, 0.2) is 36.4 Å². The van der Waals surface area contributed by atoms with Crippen molar-refractivity contribution in [2.45, 2.75) is 13.3 Å². The first-order valence-electron chi connectivity index (χ1n) is 8.46. The minimum absolute atomic E-state index is 0.0138. The zero-order valence-electron chi connectivity index (χ0n) is 14.3. The summed E-state index contributed by atoms with van der Waals surface area (Å²) >= 11 is 1.40. The highest BCUT2D eigenvalue weighted by atomic mass is 32.2. The number of fused-ring (bicyclic) bond motifs is 1. The van der Waals surface area contributed by atoms with Gasteiger partial charge in [0, 0.05) is 11.9 Å². The molecule has 3 aromatic rings. The first kappa shape index (κ1) is 17.2. The Morgan fingerprint density at radius 3 is 2.81 bits per heavy atom. The number of para-hydroxylation sites is 1. The molecule has 1 aliphatic heterocycles. The van der Waals surface area contributed by atoms with Gasteiger partial charge in [0.05, 0.1) is 27.8 Å². The minimum Gasteiger partial charge on any atom is -0.351 e. The number of rotatable bonds is 4. The van der Waals surface area contributed by atoms with Crippen LogP contribution in [0.2, 0.25) is 0 Å². The standard InChI is InChI=1S/C18H19N3O3S2/c1-12-15-9-16(17(22)19-10-13-7-8-26(23,24)11-13)25-18(15)21(20-12)14-5-3-2-4-6-14/h2-6,9,13H,7-8,10-11H2,1H3,(H,19,22)/t13-/m0/s1. The fourth-order valence-electron chi connectivity index (χ4n) is 3.26. The third-order valence-corrected chi connectivity index (χ3v) is 7.59. The van der Waals surface area contributed by atoms with Crippen LogP contribution in [0.1, 0.15) is 21.8 Å². The van der Waals surface area contributed by atoms with Gasteiger partial charge in [-0.2, -0.15) is 5.10 Å². The molecule has 1 aliphatic rings. The number of sulfone groups is 1. The predicted octanol–water partition coefficient (Wildman–Crippen LogP) is 2.56. The van der Waals surface area contributed by atoms with Crippen LogP contribution in [0.4, 0.5) is 0 Å². The molecule has 4 rings (SSSR count). The van der Waals surface area contributed by atoms with Crippen LogP contribution in [-0.2, 0) is 9.84 Å². The van der Waals surface area contributed by atoms with E-state index in [-0.39, 0.29) is 23.3 Å². The average molecular weight is 390 g/mol. The summed E-state index contributed by atoms with van der Waals surface area (Å²) in [6.07, 6.45) is 0.622. The molecule has 1 N–H and O–H groups in total. The number of aromatic nitrogens is 2. The summed E-state index contributed by atoms with van der Waals surface area (Å²) in [7, 11) is -2.92. The molecule has 8 heteroatoms. The van der Waals surface area contributed by atoms with Crippen molar-refractivity contribution >= 4 is 37.3 Å². The molecule has 1 aromatic carbocycles. The Labute approximate surface area is 155 Å². The van der Waals surface area contributed by atoms with Gasteiger partial charge in [-0.05, 0) is 37.5 Å². The van der Waals surface area contributed by atoms with Gasteiger partial charge in [0.15, 0.2) is 9.84 Å². The first-order chi connectivity index (χ1) is 12.4. The van der Waals surface area contributed by atoms with Crippen molar-refractivity contribution in [3.8, 4) is 5.69 Å². The van der Waals surface area contributed by atoms with E-state index in [1.54, 1.807) is 0 Å². The van der Waals surface area contributed by atoms with E-state index in [0.717, 1.165) is 21.6 Å². The van der Waals surface area contributed by atoms with E-state index in [1.807, 2.05) is 48.0 Å². The highest BCUT2D eigenvalue weighted by Crippen LogP contribution is 2.30. The number of carbonyl (C=O) groups excluding carboxylic acids is 1. The van der Waals surface area contributed by atoms with E-state index in [2.05, 4.69) is 10.4 Å². The predicted molar refractivity (Wildman–Crippen MR) is 103 cm³/mol. The third kappa shape index (κ3) is 3.26. The molecule has 1 amide bonds. The number of carbonyl (C=O) groups is 1. The van der Waals surface area contributed by atoms with Crippen molar-refractivity contribution in [3.05, 3.63) is 47.0 Å². The van der Waals surface area contributed by atoms with Crippen molar-refractivity contribution in [2.75, 3.05) is 18.1 Å². The van der Waals surface area contributed by atoms with Crippen LogP contribution in [-0.4, -0.2) is 42.2 Å². The molecule has 1 atom stereocenters. The number of benzene rings is 1. The lowest BCUT2D eigenvalue weighted by atomic mass is 10.1. The SMILES string of the molecule is Cc1nn(-c2ccccc2)c2sc(C(=O)NC[C@@H]3CCS(=O)(=O)C3)cc12. The topological polar surface area (TPSA) is 81.1 Å². The van der Waals surface area contributed by atoms with Gasteiger partial charge in [0.2, 0.25) is 0 Å². The van der Waals surface area contributed by atoms with Crippen LogP contribution >= 0.6 is 11.3 Å². The van der Waals surface area contributed by atoms with Crippen LogP contribution in [0.25, 0.3) is 15.9 Å². The zero-order valence-corrected chi connectivity index (χ0v) is 15.9. The molecule has 6 nitrogen and oxygen atoms in total. The largest absolute Gasteiger partial charge is 0.351 e. The Balaban J connectivity index is 1.55. The molecule has 1 saturated heterocycles. The highest BCUT2D eigenvalue weighted by Gasteiger charge is 2.28. The van der Waals surface area contributed by atoms with Gasteiger partial charge >= 0.3 is 0 Å². The summed E-state index contributed by atoms with van der Waals surface area (Å²) in [5.41, 5.74) is 1.83. The lowest BCUT2D eigenvalue weighted by molar-refractivity contribution is 0.0952. The lowest BCUT2D eigenvalue weighted by Crippen LogP contribution is -2.29. The Morgan fingerprint density at radius 2 is 2.12 bits per heavy atom. The Morgan fingerprint density at radius 1 is 1.35 bits per heavy atom. The summed E-state index contributed by atoms with van der Waals surface area (Å²) in [6.45, 7) is 2.33. The molecule has 136 valence electrons. The average Bonchev–Trinajstić information content (AvgIpc) is 3.28. The maximum Gasteiger partial charge on any atom is 0.261 e. The molecule has 0 radical (unpaired) electrons. The van der Waals surface area contributed by atoms with E-state index in [0.29, 0.717) is 17.8 Å². The van der Waals surface area contributed by atoms with Crippen molar-refractivity contribution in [1.82, 2.24) is 15.1 Å². The smallest absolute Gasteiger partial charge is 0.261 e. The number of amides is 1. The molecule has 0 spiro atoms. The Hall–Kier alpha value is -2.19. The van der Waals surface area contributed by atoms with Gasteiger partial charge in [0.25, 0.3) is 5.91 Å². The normalized spacial score (nSPS) is 19.0. The molecule has 1 fully saturated rings. The third-order valence-electron chi connectivity index (χ3n) is 4.65. The molecule has 2 aromatic heterocycles. The van der Waals surface area contributed by atoms with Crippen molar-refractivity contribution in [3.63, 3.8) is 0 Å². The Bertz CT molecular complexity index is 1070. The Kier molecular flexibility index (Phi) is 4.32. The van der Waals surface area contributed by atoms with Gasteiger partial charge in [-0.3, -0.25) is 4.79 Å². The molecule has 0 saturated carbocycles. The van der Waals surface area contributed by atoms with Crippen molar-refractivity contribution in [2.24, 2.45) is 5.92 Å². The van der Waals surface area contributed by atoms with E-state index < -0.39 is 9.84 Å². The van der Waals surface area contributed by atoms with E-state index in [9.17, 15) is 13.2 Å². The molecule has 0 unspecified atom stereocenters. The summed E-state index contributed by atoms with van der Waals surface area (Å²) in [4.78, 5) is 14.1. The van der Waals surface area contributed by atoms with Gasteiger partial charge < -0.3 is 5.32 Å². The lowest BCUT2D eigenvalue weighted by Gasteiger charge is -2.08. The fraction of sp³-hybridized carbons (Fsp3) is 0.333. The summed E-state index contributed by atoms with van der Waals surface area (Å²) in [6, 6.07) is 11.7. The maximum atomic E-state index is 12.5. The van der Waals surface area contributed by atoms with Crippen molar-refractivity contribution < 1.29 is 13.2 Å².